The van der Waals surface area contributed by atoms with Crippen LogP contribution in [-0.4, -0.2) is 39.1 Å². The van der Waals surface area contributed by atoms with E-state index < -0.39 is 35.6 Å². The van der Waals surface area contributed by atoms with Crippen molar-refractivity contribution in [3.05, 3.63) is 53.3 Å². The summed E-state index contributed by atoms with van der Waals surface area (Å²) in [7, 11) is 4.23. The fraction of sp³-hybridized carbons (Fsp3) is 0.318. The van der Waals surface area contributed by atoms with E-state index >= 15 is 0 Å². The molecule has 164 valence electrons. The van der Waals surface area contributed by atoms with Crippen LogP contribution in [0.2, 0.25) is 0 Å². The second-order valence-corrected chi connectivity index (χ2v) is 6.99. The number of ether oxygens (including phenoxy) is 3. The number of carbonyl (C=O) groups excluding carboxylic acids is 3. The molecular weight excluding hydrogens is 407 g/mol. The van der Waals surface area contributed by atoms with Gasteiger partial charge >= 0.3 is 5.97 Å². The van der Waals surface area contributed by atoms with Crippen molar-refractivity contribution in [1.82, 2.24) is 5.32 Å². The van der Waals surface area contributed by atoms with E-state index in [1.165, 1.54) is 39.5 Å². The Hall–Kier alpha value is -3.62. The highest BCUT2D eigenvalue weighted by atomic mass is 19.1. The van der Waals surface area contributed by atoms with Gasteiger partial charge in [0.15, 0.2) is 11.5 Å². The van der Waals surface area contributed by atoms with E-state index in [9.17, 15) is 18.8 Å². The van der Waals surface area contributed by atoms with Gasteiger partial charge in [0.1, 0.15) is 5.82 Å². The lowest BCUT2D eigenvalue weighted by Gasteiger charge is -2.27. The fourth-order valence-electron chi connectivity index (χ4n) is 3.52. The number of nitrogens with one attached hydrogen (secondary N) is 2. The zero-order valence-corrected chi connectivity index (χ0v) is 17.4. The predicted octanol–water partition coefficient (Wildman–Crippen LogP) is 2.69. The maximum Gasteiger partial charge on any atom is 0.307 e. The third-order valence-electron chi connectivity index (χ3n) is 5.10. The van der Waals surface area contributed by atoms with E-state index in [0.29, 0.717) is 22.6 Å². The Kier molecular flexibility index (Phi) is 6.74. The first kappa shape index (κ1) is 22.1. The SMILES string of the molecule is COC(=O)C[C@@H](NC(=O)[C@@H]1CC(=O)Nc2cc(F)ccc21)c1ccc(OC)c(OC)c1. The van der Waals surface area contributed by atoms with E-state index in [2.05, 4.69) is 10.6 Å². The molecule has 0 fully saturated rings. The highest BCUT2D eigenvalue weighted by Crippen LogP contribution is 2.35. The molecule has 0 saturated carbocycles. The molecular formula is C22H23FN2O6. The number of rotatable bonds is 7. The maximum atomic E-state index is 13.6. The summed E-state index contributed by atoms with van der Waals surface area (Å²) in [6.45, 7) is 0. The molecule has 31 heavy (non-hydrogen) atoms. The Balaban J connectivity index is 1.91. The van der Waals surface area contributed by atoms with Gasteiger partial charge in [0.2, 0.25) is 11.8 Å². The van der Waals surface area contributed by atoms with E-state index in [1.807, 2.05) is 0 Å². The van der Waals surface area contributed by atoms with Gasteiger partial charge < -0.3 is 24.8 Å². The van der Waals surface area contributed by atoms with Crippen LogP contribution < -0.4 is 20.1 Å². The van der Waals surface area contributed by atoms with Crippen LogP contribution in [0.15, 0.2) is 36.4 Å². The van der Waals surface area contributed by atoms with Crippen LogP contribution in [0.25, 0.3) is 0 Å². The molecule has 0 spiro atoms. The summed E-state index contributed by atoms with van der Waals surface area (Å²) in [6, 6.07) is 8.16. The Labute approximate surface area is 178 Å². The molecule has 1 heterocycles. The average molecular weight is 430 g/mol. The minimum Gasteiger partial charge on any atom is -0.493 e. The third kappa shape index (κ3) is 4.93. The topological polar surface area (TPSA) is 103 Å². The third-order valence-corrected chi connectivity index (χ3v) is 5.10. The first-order valence-electron chi connectivity index (χ1n) is 9.54. The lowest BCUT2D eigenvalue weighted by molar-refractivity contribution is -0.141. The van der Waals surface area contributed by atoms with E-state index in [-0.39, 0.29) is 18.5 Å². The number of halogens is 1. The first-order valence-corrected chi connectivity index (χ1v) is 9.54. The first-order chi connectivity index (χ1) is 14.9. The molecule has 2 aromatic rings. The van der Waals surface area contributed by atoms with Gasteiger partial charge in [0.25, 0.3) is 0 Å². The number of fused-ring (bicyclic) bond motifs is 1. The van der Waals surface area contributed by atoms with Crippen LogP contribution in [0, 0.1) is 5.82 Å². The van der Waals surface area contributed by atoms with Crippen molar-refractivity contribution in [2.75, 3.05) is 26.6 Å². The van der Waals surface area contributed by atoms with Crippen LogP contribution in [0.5, 0.6) is 11.5 Å². The molecule has 0 radical (unpaired) electrons. The smallest absolute Gasteiger partial charge is 0.307 e. The second kappa shape index (κ2) is 9.46. The van der Waals surface area contributed by atoms with Gasteiger partial charge in [-0.2, -0.15) is 0 Å². The van der Waals surface area contributed by atoms with Crippen molar-refractivity contribution in [3.8, 4) is 11.5 Å². The maximum absolute atomic E-state index is 13.6. The summed E-state index contributed by atoms with van der Waals surface area (Å²) in [5.74, 6) is -1.81. The highest BCUT2D eigenvalue weighted by molar-refractivity contribution is 6.01. The van der Waals surface area contributed by atoms with Gasteiger partial charge in [-0.25, -0.2) is 4.39 Å². The number of esters is 1. The van der Waals surface area contributed by atoms with Crippen molar-refractivity contribution in [2.24, 2.45) is 0 Å². The minimum absolute atomic E-state index is 0.0959. The monoisotopic (exact) mass is 430 g/mol. The summed E-state index contributed by atoms with van der Waals surface area (Å²) in [5, 5.41) is 5.40. The number of anilines is 1. The van der Waals surface area contributed by atoms with E-state index in [1.54, 1.807) is 18.2 Å². The van der Waals surface area contributed by atoms with E-state index in [4.69, 9.17) is 14.2 Å². The van der Waals surface area contributed by atoms with Gasteiger partial charge in [-0.3, -0.25) is 14.4 Å². The Morgan fingerprint density at radius 3 is 2.55 bits per heavy atom. The van der Waals surface area contributed by atoms with Crippen molar-refractivity contribution in [3.63, 3.8) is 0 Å². The lowest BCUT2D eigenvalue weighted by atomic mass is 9.89. The molecule has 1 aliphatic rings. The average Bonchev–Trinajstić information content (AvgIpc) is 2.76. The molecule has 9 heteroatoms. The van der Waals surface area contributed by atoms with Crippen molar-refractivity contribution >= 4 is 23.5 Å². The highest BCUT2D eigenvalue weighted by Gasteiger charge is 2.33. The standard InChI is InChI=1S/C22H23FN2O6/c1-29-18-7-4-12(8-19(18)30-2)16(11-21(27)31-3)25-22(28)15-10-20(26)24-17-9-13(23)5-6-14(15)17/h4-9,15-16H,10-11H2,1-3H3,(H,24,26)(H,25,28)/t15-,16-/m1/s1. The number of amides is 2. The van der Waals surface area contributed by atoms with E-state index in [0.717, 1.165) is 0 Å². The molecule has 2 amide bonds. The van der Waals surface area contributed by atoms with Crippen molar-refractivity contribution < 1.29 is 33.0 Å². The molecule has 0 unspecified atom stereocenters. The zero-order valence-electron chi connectivity index (χ0n) is 17.4. The van der Waals surface area contributed by atoms with Crippen molar-refractivity contribution in [1.29, 1.82) is 0 Å². The Morgan fingerprint density at radius 2 is 1.87 bits per heavy atom. The number of methoxy groups -OCH3 is 3. The lowest BCUT2D eigenvalue weighted by Crippen LogP contribution is -2.38. The van der Waals surface area contributed by atoms with Gasteiger partial charge in [-0.15, -0.1) is 0 Å². The summed E-state index contributed by atoms with van der Waals surface area (Å²) in [4.78, 5) is 37.2. The quantitative estimate of drug-likeness (QED) is 0.655. The molecule has 2 aromatic carbocycles. The Bertz CT molecular complexity index is 1010. The molecule has 3 rings (SSSR count). The molecule has 0 saturated heterocycles. The van der Waals surface area contributed by atoms with Crippen LogP contribution in [0.3, 0.4) is 0 Å². The molecule has 0 aromatic heterocycles. The normalized spacial score (nSPS) is 15.9. The number of hydrogen-bond acceptors (Lipinski definition) is 6. The fourth-order valence-corrected chi connectivity index (χ4v) is 3.52. The number of hydrogen-bond donors (Lipinski definition) is 2. The largest absolute Gasteiger partial charge is 0.493 e. The molecule has 0 aliphatic carbocycles. The molecule has 8 nitrogen and oxygen atoms in total. The van der Waals surface area contributed by atoms with Gasteiger partial charge in [0, 0.05) is 12.1 Å². The summed E-state index contributed by atoms with van der Waals surface area (Å²) >= 11 is 0. The summed E-state index contributed by atoms with van der Waals surface area (Å²) in [5.41, 5.74) is 1.35. The van der Waals surface area contributed by atoms with Crippen LogP contribution in [0.4, 0.5) is 10.1 Å². The molecule has 0 bridgehead atoms. The van der Waals surface area contributed by atoms with Crippen LogP contribution in [-0.2, 0) is 19.1 Å². The molecule has 2 N–H and O–H groups in total. The predicted molar refractivity (Wildman–Crippen MR) is 109 cm³/mol. The molecule has 1 aliphatic heterocycles. The van der Waals surface area contributed by atoms with Gasteiger partial charge in [0.05, 0.1) is 39.7 Å². The van der Waals surface area contributed by atoms with Crippen LogP contribution in [0.1, 0.15) is 35.9 Å². The minimum atomic E-state index is -0.829. The zero-order chi connectivity index (χ0) is 22.5. The van der Waals surface area contributed by atoms with Gasteiger partial charge in [-0.1, -0.05) is 12.1 Å². The number of benzene rings is 2. The Morgan fingerprint density at radius 1 is 1.13 bits per heavy atom. The van der Waals surface area contributed by atoms with Gasteiger partial charge in [-0.05, 0) is 35.4 Å². The number of carbonyl (C=O) groups is 3. The second-order valence-electron chi connectivity index (χ2n) is 6.99. The van der Waals surface area contributed by atoms with Crippen molar-refractivity contribution in [2.45, 2.75) is 24.8 Å². The van der Waals surface area contributed by atoms with Crippen LogP contribution >= 0.6 is 0 Å². The molecule has 2 atom stereocenters. The summed E-state index contributed by atoms with van der Waals surface area (Å²) in [6.07, 6.45) is -0.228. The summed E-state index contributed by atoms with van der Waals surface area (Å²) < 4.78 is 28.9.